The Morgan fingerprint density at radius 3 is 2.54 bits per heavy atom. The van der Waals surface area contributed by atoms with Gasteiger partial charge >= 0.3 is 5.97 Å². The lowest BCUT2D eigenvalue weighted by Crippen LogP contribution is -2.36. The molecule has 0 heterocycles. The molecule has 1 aliphatic carbocycles. The summed E-state index contributed by atoms with van der Waals surface area (Å²) in [5.41, 5.74) is 5.48. The molecule has 5 nitrogen and oxygen atoms in total. The zero-order valence-electron chi connectivity index (χ0n) is 7.51. The Morgan fingerprint density at radius 2 is 2.15 bits per heavy atom. The Bertz CT molecular complexity index is 197. The van der Waals surface area contributed by atoms with Crippen LogP contribution in [-0.2, 0) is 9.53 Å². The Labute approximate surface area is 76.5 Å². The van der Waals surface area contributed by atoms with Gasteiger partial charge in [0, 0.05) is 6.04 Å². The predicted molar refractivity (Wildman–Crippen MR) is 44.7 cm³/mol. The molecule has 13 heavy (non-hydrogen) atoms. The molecule has 4 atom stereocenters. The number of aliphatic hydroxyl groups excluding tert-OH is 2. The predicted octanol–water partition coefficient (Wildman–Crippen LogP) is -1.38. The third kappa shape index (κ3) is 1.99. The zero-order chi connectivity index (χ0) is 10.0. The minimum Gasteiger partial charge on any atom is -0.466 e. The topological polar surface area (TPSA) is 92.8 Å². The van der Waals surface area contributed by atoms with E-state index in [-0.39, 0.29) is 13.0 Å². The molecule has 1 fully saturated rings. The summed E-state index contributed by atoms with van der Waals surface area (Å²) >= 11 is 0. The Balaban J connectivity index is 2.57. The van der Waals surface area contributed by atoms with E-state index < -0.39 is 30.1 Å². The van der Waals surface area contributed by atoms with E-state index >= 15 is 0 Å². The van der Waals surface area contributed by atoms with Crippen molar-refractivity contribution < 1.29 is 19.7 Å². The molecule has 0 radical (unpaired) electrons. The average molecular weight is 189 g/mol. The van der Waals surface area contributed by atoms with Crippen molar-refractivity contribution in [1.29, 1.82) is 0 Å². The molecule has 1 rings (SSSR count). The molecule has 5 heteroatoms. The van der Waals surface area contributed by atoms with Crippen LogP contribution in [-0.4, -0.2) is 41.0 Å². The van der Waals surface area contributed by atoms with E-state index in [0.717, 1.165) is 0 Å². The first-order valence-corrected chi connectivity index (χ1v) is 4.36. The van der Waals surface area contributed by atoms with Gasteiger partial charge < -0.3 is 20.7 Å². The van der Waals surface area contributed by atoms with Gasteiger partial charge in [-0.1, -0.05) is 0 Å². The number of carbonyl (C=O) groups is 1. The fraction of sp³-hybridized carbons (Fsp3) is 0.875. The van der Waals surface area contributed by atoms with Gasteiger partial charge in [0.15, 0.2) is 0 Å². The van der Waals surface area contributed by atoms with Gasteiger partial charge in [0.1, 0.15) is 0 Å². The second-order valence-electron chi connectivity index (χ2n) is 3.24. The molecule has 0 aliphatic heterocycles. The van der Waals surface area contributed by atoms with Crippen LogP contribution >= 0.6 is 0 Å². The number of nitrogens with two attached hydrogens (primary N) is 1. The van der Waals surface area contributed by atoms with Crippen molar-refractivity contribution in [3.63, 3.8) is 0 Å². The second kappa shape index (κ2) is 4.04. The Morgan fingerprint density at radius 1 is 1.54 bits per heavy atom. The number of aliphatic hydroxyl groups is 2. The van der Waals surface area contributed by atoms with E-state index in [4.69, 9.17) is 10.5 Å². The monoisotopic (exact) mass is 189 g/mol. The van der Waals surface area contributed by atoms with Crippen molar-refractivity contribution in [2.45, 2.75) is 31.6 Å². The largest absolute Gasteiger partial charge is 0.466 e. The molecule has 0 amide bonds. The molecule has 0 spiro atoms. The number of rotatable bonds is 2. The summed E-state index contributed by atoms with van der Waals surface area (Å²) in [4.78, 5) is 11.2. The maximum Gasteiger partial charge on any atom is 0.311 e. The summed E-state index contributed by atoms with van der Waals surface area (Å²) in [7, 11) is 0. The van der Waals surface area contributed by atoms with Gasteiger partial charge in [0.2, 0.25) is 0 Å². The number of esters is 1. The Kier molecular flexibility index (Phi) is 3.24. The lowest BCUT2D eigenvalue weighted by atomic mass is 10.1. The molecule has 0 aromatic carbocycles. The van der Waals surface area contributed by atoms with Crippen molar-refractivity contribution in [2.24, 2.45) is 11.7 Å². The van der Waals surface area contributed by atoms with E-state index in [1.165, 1.54) is 0 Å². The van der Waals surface area contributed by atoms with Gasteiger partial charge in [-0.3, -0.25) is 4.79 Å². The zero-order valence-corrected chi connectivity index (χ0v) is 7.51. The van der Waals surface area contributed by atoms with E-state index in [9.17, 15) is 15.0 Å². The molecule has 1 aliphatic rings. The third-order valence-electron chi connectivity index (χ3n) is 2.32. The minimum atomic E-state index is -1.09. The van der Waals surface area contributed by atoms with Crippen molar-refractivity contribution in [1.82, 2.24) is 0 Å². The van der Waals surface area contributed by atoms with Crippen LogP contribution in [0.15, 0.2) is 0 Å². The van der Waals surface area contributed by atoms with E-state index in [1.54, 1.807) is 6.92 Å². The standard InChI is InChI=1S/C8H15NO4/c1-2-13-8(12)4-3-5(9)7(11)6(4)10/h4-7,10-11H,2-3,9H2,1H3/t4-,5+,6-,7+/m1/s1. The molecule has 76 valence electrons. The van der Waals surface area contributed by atoms with Crippen molar-refractivity contribution >= 4 is 5.97 Å². The molecule has 0 aromatic heterocycles. The molecule has 1 saturated carbocycles. The van der Waals surface area contributed by atoms with Crippen LogP contribution in [0, 0.1) is 5.92 Å². The summed E-state index contributed by atoms with van der Waals surface area (Å²) < 4.78 is 4.73. The maximum atomic E-state index is 11.2. The highest BCUT2D eigenvalue weighted by atomic mass is 16.5. The fourth-order valence-electron chi connectivity index (χ4n) is 1.55. The summed E-state index contributed by atoms with van der Waals surface area (Å²) in [6.07, 6.45) is -1.83. The second-order valence-corrected chi connectivity index (χ2v) is 3.24. The number of hydrogen-bond acceptors (Lipinski definition) is 5. The van der Waals surface area contributed by atoms with Crippen LogP contribution in [0.2, 0.25) is 0 Å². The SMILES string of the molecule is CCOC(=O)[C@@H]1C[C@H](N)[C@H](O)[C@@H]1O. The van der Waals surface area contributed by atoms with Gasteiger partial charge in [-0.15, -0.1) is 0 Å². The van der Waals surface area contributed by atoms with Gasteiger partial charge in [0.25, 0.3) is 0 Å². The van der Waals surface area contributed by atoms with E-state index in [0.29, 0.717) is 0 Å². The van der Waals surface area contributed by atoms with Crippen LogP contribution in [0.25, 0.3) is 0 Å². The maximum absolute atomic E-state index is 11.2. The first kappa shape index (κ1) is 10.4. The molecule has 0 aromatic rings. The van der Waals surface area contributed by atoms with Crippen LogP contribution in [0.4, 0.5) is 0 Å². The van der Waals surface area contributed by atoms with Crippen LogP contribution in [0.3, 0.4) is 0 Å². The summed E-state index contributed by atoms with van der Waals surface area (Å²) in [6.45, 7) is 1.96. The quantitative estimate of drug-likeness (QED) is 0.465. The van der Waals surface area contributed by atoms with Gasteiger partial charge in [-0.2, -0.15) is 0 Å². The fourth-order valence-corrected chi connectivity index (χ4v) is 1.55. The Hall–Kier alpha value is -0.650. The molecule has 0 bridgehead atoms. The molecule has 4 N–H and O–H groups in total. The van der Waals surface area contributed by atoms with Gasteiger partial charge in [-0.25, -0.2) is 0 Å². The van der Waals surface area contributed by atoms with Crippen LogP contribution < -0.4 is 5.73 Å². The van der Waals surface area contributed by atoms with Crippen molar-refractivity contribution in [3.8, 4) is 0 Å². The number of hydrogen-bond donors (Lipinski definition) is 3. The number of ether oxygens (including phenoxy) is 1. The van der Waals surface area contributed by atoms with Crippen molar-refractivity contribution in [2.75, 3.05) is 6.61 Å². The summed E-state index contributed by atoms with van der Waals surface area (Å²) in [5.74, 6) is -1.16. The lowest BCUT2D eigenvalue weighted by Gasteiger charge is -2.14. The van der Waals surface area contributed by atoms with E-state index in [1.807, 2.05) is 0 Å². The van der Waals surface area contributed by atoms with Crippen LogP contribution in [0.1, 0.15) is 13.3 Å². The number of carbonyl (C=O) groups excluding carboxylic acids is 1. The van der Waals surface area contributed by atoms with Gasteiger partial charge in [0.05, 0.1) is 24.7 Å². The molecular formula is C8H15NO4. The molecule has 0 saturated heterocycles. The van der Waals surface area contributed by atoms with Gasteiger partial charge in [-0.05, 0) is 13.3 Å². The smallest absolute Gasteiger partial charge is 0.311 e. The summed E-state index contributed by atoms with van der Waals surface area (Å²) in [6, 6.07) is -0.538. The normalized spacial score (nSPS) is 39.1. The minimum absolute atomic E-state index is 0.271. The summed E-state index contributed by atoms with van der Waals surface area (Å²) in [5, 5.41) is 18.7. The third-order valence-corrected chi connectivity index (χ3v) is 2.32. The molecular weight excluding hydrogens is 174 g/mol. The highest BCUT2D eigenvalue weighted by molar-refractivity contribution is 5.73. The van der Waals surface area contributed by atoms with Crippen molar-refractivity contribution in [3.05, 3.63) is 0 Å². The first-order chi connectivity index (χ1) is 6.07. The lowest BCUT2D eigenvalue weighted by molar-refractivity contribution is -0.152. The first-order valence-electron chi connectivity index (χ1n) is 4.36. The highest BCUT2D eigenvalue weighted by Crippen LogP contribution is 2.26. The highest BCUT2D eigenvalue weighted by Gasteiger charge is 2.44. The van der Waals surface area contributed by atoms with Crippen LogP contribution in [0.5, 0.6) is 0 Å². The average Bonchev–Trinajstić information content (AvgIpc) is 2.33. The van der Waals surface area contributed by atoms with E-state index in [2.05, 4.69) is 0 Å². The molecule has 0 unspecified atom stereocenters.